The van der Waals surface area contributed by atoms with Crippen LogP contribution in [0.15, 0.2) is 24.3 Å². The van der Waals surface area contributed by atoms with Crippen LogP contribution in [-0.4, -0.2) is 22.6 Å². The van der Waals surface area contributed by atoms with Gasteiger partial charge in [-0.3, -0.25) is 9.59 Å². The van der Waals surface area contributed by atoms with Crippen LogP contribution in [0, 0.1) is 34.5 Å². The maximum atomic E-state index is 12.6. The van der Waals surface area contributed by atoms with E-state index >= 15 is 0 Å². The Kier molecular flexibility index (Phi) is 2.24. The van der Waals surface area contributed by atoms with Crippen molar-refractivity contribution < 1.29 is 19.4 Å². The van der Waals surface area contributed by atoms with Gasteiger partial charge in [0.05, 0.1) is 11.3 Å². The molecule has 1 saturated heterocycles. The zero-order valence-electron chi connectivity index (χ0n) is 13.4. The molecule has 0 aromatic rings. The minimum atomic E-state index is -0.785. The lowest BCUT2D eigenvalue weighted by Gasteiger charge is -2.43. The third-order valence-electron chi connectivity index (χ3n) is 7.86. The fourth-order valence-corrected chi connectivity index (χ4v) is 7.24. The van der Waals surface area contributed by atoms with Crippen molar-refractivity contribution in [3.05, 3.63) is 24.3 Å². The number of aliphatic carboxylic acids is 1. The van der Waals surface area contributed by atoms with Gasteiger partial charge in [0.25, 0.3) is 0 Å². The molecular weight excluding hydrogens is 292 g/mol. The number of rotatable bonds is 1. The van der Waals surface area contributed by atoms with Crippen LogP contribution >= 0.6 is 0 Å². The van der Waals surface area contributed by atoms with Crippen LogP contribution in [-0.2, 0) is 14.3 Å². The Hall–Kier alpha value is -1.58. The quantitative estimate of drug-likeness (QED) is 0.597. The number of carboxylic acid groups (broad SMARTS) is 1. The summed E-state index contributed by atoms with van der Waals surface area (Å²) >= 11 is 0. The smallest absolute Gasteiger partial charge is 0.316 e. The molecule has 7 atom stereocenters. The van der Waals surface area contributed by atoms with Crippen molar-refractivity contribution in [1.29, 1.82) is 0 Å². The molecule has 122 valence electrons. The Balaban J connectivity index is 1.77. The molecule has 0 aromatic heterocycles. The second kappa shape index (κ2) is 3.73. The van der Waals surface area contributed by atoms with Gasteiger partial charge < -0.3 is 9.84 Å². The molecule has 4 aliphatic carbocycles. The van der Waals surface area contributed by atoms with Gasteiger partial charge in [0.2, 0.25) is 0 Å². The van der Waals surface area contributed by atoms with E-state index in [0.29, 0.717) is 12.3 Å². The third kappa shape index (κ3) is 1.25. The number of carbonyl (C=O) groups is 2. The van der Waals surface area contributed by atoms with Gasteiger partial charge in [-0.2, -0.15) is 0 Å². The van der Waals surface area contributed by atoms with Gasteiger partial charge in [0.15, 0.2) is 0 Å². The highest BCUT2D eigenvalue weighted by Crippen LogP contribution is 2.76. The number of fused-ring (bicyclic) bond motifs is 1. The number of allylic oxidation sites excluding steroid dienone is 1. The summed E-state index contributed by atoms with van der Waals surface area (Å²) in [5, 5.41) is 10.1. The Bertz CT molecular complexity index is 693. The summed E-state index contributed by atoms with van der Waals surface area (Å²) in [6.07, 6.45) is 8.37. The molecule has 1 aliphatic heterocycles. The van der Waals surface area contributed by atoms with Crippen LogP contribution in [0.4, 0.5) is 0 Å². The number of carboxylic acids is 1. The molecule has 0 aromatic carbocycles. The van der Waals surface area contributed by atoms with Gasteiger partial charge >= 0.3 is 11.9 Å². The Morgan fingerprint density at radius 1 is 1.43 bits per heavy atom. The first-order valence-electron chi connectivity index (χ1n) is 8.67. The van der Waals surface area contributed by atoms with Crippen LogP contribution in [0.1, 0.15) is 39.0 Å². The van der Waals surface area contributed by atoms with Crippen molar-refractivity contribution in [3.8, 4) is 0 Å². The molecule has 23 heavy (non-hydrogen) atoms. The van der Waals surface area contributed by atoms with Gasteiger partial charge in [0.1, 0.15) is 5.60 Å². The molecule has 0 radical (unpaired) electrons. The van der Waals surface area contributed by atoms with Crippen LogP contribution in [0.2, 0.25) is 0 Å². The second-order valence-electron chi connectivity index (χ2n) is 8.63. The summed E-state index contributed by atoms with van der Waals surface area (Å²) in [7, 11) is 0. The van der Waals surface area contributed by atoms with Gasteiger partial charge in [-0.1, -0.05) is 24.3 Å². The SMILES string of the molecule is C=C1C[C@]23C[C@H]1CC[C@H]2[C@@]12CC=CC(C)(C(=O)O1)[C@H]2[C@@H]3C(=O)O. The van der Waals surface area contributed by atoms with E-state index in [1.165, 1.54) is 5.57 Å². The van der Waals surface area contributed by atoms with E-state index < -0.39 is 22.9 Å². The molecule has 4 fully saturated rings. The number of carbonyl (C=O) groups excluding carboxylic acids is 1. The van der Waals surface area contributed by atoms with E-state index in [4.69, 9.17) is 4.74 Å². The average Bonchev–Trinajstić information content (AvgIpc) is 2.92. The molecule has 0 amide bonds. The summed E-state index contributed by atoms with van der Waals surface area (Å²) in [5.41, 5.74) is -0.426. The van der Waals surface area contributed by atoms with Crippen molar-refractivity contribution >= 4 is 11.9 Å². The first kappa shape index (κ1) is 13.8. The minimum absolute atomic E-state index is 0.160. The summed E-state index contributed by atoms with van der Waals surface area (Å²) in [6, 6.07) is 0. The van der Waals surface area contributed by atoms with Crippen molar-refractivity contribution in [3.63, 3.8) is 0 Å². The standard InChI is InChI=1S/C19H22O4/c1-10-8-18-9-11(10)4-5-12(18)19-7-3-6-17(2,16(22)23-19)14(19)13(18)15(20)21/h3,6,11-14H,1,4-5,7-9H2,2H3,(H,20,21)/t11-,12-,13-,14-,17?,18+,19-/m1/s1. The van der Waals surface area contributed by atoms with Crippen LogP contribution in [0.25, 0.3) is 0 Å². The first-order chi connectivity index (χ1) is 10.9. The largest absolute Gasteiger partial charge is 0.481 e. The molecule has 5 aliphatic rings. The predicted molar refractivity (Wildman–Crippen MR) is 82.3 cm³/mol. The maximum absolute atomic E-state index is 12.6. The highest BCUT2D eigenvalue weighted by atomic mass is 16.6. The summed E-state index contributed by atoms with van der Waals surface area (Å²) < 4.78 is 6.04. The van der Waals surface area contributed by atoms with Crippen LogP contribution < -0.4 is 0 Å². The monoisotopic (exact) mass is 314 g/mol. The lowest BCUT2D eigenvalue weighted by atomic mass is 9.62. The molecule has 4 nitrogen and oxygen atoms in total. The van der Waals surface area contributed by atoms with Crippen molar-refractivity contribution in [2.45, 2.75) is 44.6 Å². The number of ether oxygens (including phenoxy) is 1. The van der Waals surface area contributed by atoms with Crippen molar-refractivity contribution in [2.24, 2.45) is 34.5 Å². The summed E-state index contributed by atoms with van der Waals surface area (Å²) in [5.74, 6) is -1.10. The number of hydrogen-bond donors (Lipinski definition) is 1. The molecule has 4 bridgehead atoms. The molecule has 1 unspecified atom stereocenters. The van der Waals surface area contributed by atoms with Gasteiger partial charge in [0, 0.05) is 18.3 Å². The third-order valence-corrected chi connectivity index (χ3v) is 7.86. The molecule has 5 rings (SSSR count). The summed E-state index contributed by atoms with van der Waals surface area (Å²) in [4.78, 5) is 25.0. The van der Waals surface area contributed by atoms with E-state index in [0.717, 1.165) is 25.7 Å². The molecule has 1 N–H and O–H groups in total. The Morgan fingerprint density at radius 3 is 2.96 bits per heavy atom. The summed E-state index contributed by atoms with van der Waals surface area (Å²) in [6.45, 7) is 6.12. The van der Waals surface area contributed by atoms with Gasteiger partial charge in [-0.05, 0) is 43.9 Å². The van der Waals surface area contributed by atoms with Crippen LogP contribution in [0.5, 0.6) is 0 Å². The Labute approximate surface area is 135 Å². The van der Waals surface area contributed by atoms with E-state index in [-0.39, 0.29) is 23.2 Å². The highest BCUT2D eigenvalue weighted by molar-refractivity contribution is 5.86. The first-order valence-corrected chi connectivity index (χ1v) is 8.67. The molecular formula is C19H22O4. The molecule has 3 saturated carbocycles. The van der Waals surface area contributed by atoms with Crippen molar-refractivity contribution in [2.75, 3.05) is 0 Å². The lowest BCUT2D eigenvalue weighted by molar-refractivity contribution is -0.159. The van der Waals surface area contributed by atoms with Crippen molar-refractivity contribution in [1.82, 2.24) is 0 Å². The topological polar surface area (TPSA) is 63.6 Å². The van der Waals surface area contributed by atoms with E-state index in [1.807, 2.05) is 13.0 Å². The number of esters is 1. The van der Waals surface area contributed by atoms with Gasteiger partial charge in [-0.25, -0.2) is 0 Å². The Morgan fingerprint density at radius 2 is 2.22 bits per heavy atom. The molecule has 4 heteroatoms. The molecule has 1 spiro atoms. The lowest BCUT2D eigenvalue weighted by Crippen LogP contribution is -2.45. The van der Waals surface area contributed by atoms with E-state index in [2.05, 4.69) is 12.7 Å². The fourth-order valence-electron chi connectivity index (χ4n) is 7.24. The highest BCUT2D eigenvalue weighted by Gasteiger charge is 2.80. The normalized spacial score (nSPS) is 55.5. The van der Waals surface area contributed by atoms with Crippen LogP contribution in [0.3, 0.4) is 0 Å². The molecule has 1 heterocycles. The van der Waals surface area contributed by atoms with Gasteiger partial charge in [-0.15, -0.1) is 0 Å². The fraction of sp³-hybridized carbons (Fsp3) is 0.684. The predicted octanol–water partition coefficient (Wildman–Crippen LogP) is 2.94. The average molecular weight is 314 g/mol. The number of hydrogen-bond acceptors (Lipinski definition) is 3. The maximum Gasteiger partial charge on any atom is 0.316 e. The minimum Gasteiger partial charge on any atom is -0.481 e. The zero-order valence-corrected chi connectivity index (χ0v) is 13.4. The van der Waals surface area contributed by atoms with E-state index in [1.54, 1.807) is 0 Å². The second-order valence-corrected chi connectivity index (χ2v) is 8.63. The van der Waals surface area contributed by atoms with E-state index in [9.17, 15) is 14.7 Å². The zero-order chi connectivity index (χ0) is 16.2.